The zero-order chi connectivity index (χ0) is 16.8. The van der Waals surface area contributed by atoms with E-state index in [9.17, 15) is 16.8 Å². The molecule has 0 radical (unpaired) electrons. The first-order chi connectivity index (χ1) is 10.7. The lowest BCUT2D eigenvalue weighted by Gasteiger charge is -2.28. The van der Waals surface area contributed by atoms with Crippen molar-refractivity contribution in [1.29, 1.82) is 0 Å². The molecule has 0 N–H and O–H groups in total. The minimum atomic E-state index is -3.71. The van der Waals surface area contributed by atoms with Crippen LogP contribution in [0.4, 0.5) is 0 Å². The van der Waals surface area contributed by atoms with Crippen LogP contribution < -0.4 is 0 Å². The molecule has 2 aliphatic carbocycles. The number of nitrogens with zero attached hydrogens (tertiary/aromatic N) is 1. The second-order valence-corrected chi connectivity index (χ2v) is 11.1. The maximum atomic E-state index is 13.2. The van der Waals surface area contributed by atoms with E-state index < -0.39 is 19.9 Å². The number of hydrogen-bond donors (Lipinski definition) is 0. The second kappa shape index (κ2) is 6.13. The van der Waals surface area contributed by atoms with Gasteiger partial charge in [0.1, 0.15) is 0 Å². The monoisotopic (exact) mass is 421 g/mol. The molecule has 5 nitrogen and oxygen atoms in total. The summed E-state index contributed by atoms with van der Waals surface area (Å²) in [5, 5.41) is 0. The molecule has 0 aromatic heterocycles. The minimum Gasteiger partial charge on any atom is -0.224 e. The van der Waals surface area contributed by atoms with Crippen molar-refractivity contribution in [1.82, 2.24) is 4.31 Å². The van der Waals surface area contributed by atoms with Crippen LogP contribution >= 0.6 is 15.9 Å². The average molecular weight is 422 g/mol. The van der Waals surface area contributed by atoms with E-state index in [1.54, 1.807) is 4.31 Å². The van der Waals surface area contributed by atoms with Gasteiger partial charge in [0.15, 0.2) is 9.84 Å². The van der Waals surface area contributed by atoms with E-state index in [2.05, 4.69) is 15.9 Å². The predicted octanol–water partition coefficient (Wildman–Crippen LogP) is 2.95. The van der Waals surface area contributed by atoms with Crippen molar-refractivity contribution >= 4 is 35.8 Å². The van der Waals surface area contributed by atoms with Gasteiger partial charge in [0.25, 0.3) is 0 Å². The van der Waals surface area contributed by atoms with Gasteiger partial charge in [0.05, 0.1) is 9.79 Å². The number of benzene rings is 1. The summed E-state index contributed by atoms with van der Waals surface area (Å²) in [6, 6.07) is 4.32. The molecule has 0 heterocycles. The van der Waals surface area contributed by atoms with Crippen molar-refractivity contribution in [3.05, 3.63) is 22.7 Å². The van der Waals surface area contributed by atoms with E-state index in [1.807, 2.05) is 0 Å². The molecule has 2 fully saturated rings. The third-order valence-electron chi connectivity index (χ3n) is 4.48. The van der Waals surface area contributed by atoms with Crippen molar-refractivity contribution in [2.45, 2.75) is 60.4 Å². The topological polar surface area (TPSA) is 71.5 Å². The molecule has 1 aromatic rings. The molecule has 0 saturated heterocycles. The van der Waals surface area contributed by atoms with Gasteiger partial charge in [0.2, 0.25) is 10.0 Å². The van der Waals surface area contributed by atoms with Crippen molar-refractivity contribution < 1.29 is 16.8 Å². The summed E-state index contributed by atoms with van der Waals surface area (Å²) in [4.78, 5) is 0.0840. The van der Waals surface area contributed by atoms with E-state index >= 15 is 0 Å². The first-order valence-corrected chi connectivity index (χ1v) is 11.9. The van der Waals surface area contributed by atoms with Crippen LogP contribution in [-0.4, -0.2) is 39.5 Å². The highest BCUT2D eigenvalue weighted by Gasteiger charge is 2.44. The highest BCUT2D eigenvalue weighted by atomic mass is 79.9. The quantitative estimate of drug-likeness (QED) is 0.732. The Morgan fingerprint density at radius 1 is 1.00 bits per heavy atom. The summed E-state index contributed by atoms with van der Waals surface area (Å²) in [5.74, 6) is 0. The number of rotatable bonds is 5. The van der Waals surface area contributed by atoms with E-state index in [0.29, 0.717) is 4.47 Å². The fourth-order valence-electron chi connectivity index (χ4n) is 3.20. The summed E-state index contributed by atoms with van der Waals surface area (Å²) < 4.78 is 52.0. The Kier molecular flexibility index (Phi) is 4.63. The number of sulfone groups is 1. The number of sulfonamides is 1. The molecule has 2 aliphatic rings. The number of halogens is 1. The van der Waals surface area contributed by atoms with E-state index in [0.717, 1.165) is 44.8 Å². The van der Waals surface area contributed by atoms with Crippen LogP contribution in [0.15, 0.2) is 32.5 Å². The molecule has 8 heteroatoms. The van der Waals surface area contributed by atoms with Gasteiger partial charge in [-0.3, -0.25) is 0 Å². The van der Waals surface area contributed by atoms with Crippen molar-refractivity contribution in [3.8, 4) is 0 Å². The molecule has 0 atom stereocenters. The third-order valence-corrected chi connectivity index (χ3v) is 8.59. The van der Waals surface area contributed by atoms with Gasteiger partial charge < -0.3 is 0 Å². The van der Waals surface area contributed by atoms with Crippen LogP contribution in [0, 0.1) is 0 Å². The van der Waals surface area contributed by atoms with E-state index in [4.69, 9.17) is 0 Å². The summed E-state index contributed by atoms with van der Waals surface area (Å²) in [5.41, 5.74) is 0. The van der Waals surface area contributed by atoms with Crippen LogP contribution in [0.25, 0.3) is 0 Å². The summed E-state index contributed by atoms with van der Waals surface area (Å²) >= 11 is 3.28. The van der Waals surface area contributed by atoms with Gasteiger partial charge in [-0.2, -0.15) is 4.31 Å². The fraction of sp³-hybridized carbons (Fsp3) is 0.600. The van der Waals surface area contributed by atoms with E-state index in [-0.39, 0.29) is 21.9 Å². The predicted molar refractivity (Wildman–Crippen MR) is 91.6 cm³/mol. The molecule has 128 valence electrons. The maximum Gasteiger partial charge on any atom is 0.244 e. The van der Waals surface area contributed by atoms with Crippen molar-refractivity contribution in [3.63, 3.8) is 0 Å². The van der Waals surface area contributed by atoms with Gasteiger partial charge >= 0.3 is 0 Å². The highest BCUT2D eigenvalue weighted by Crippen LogP contribution is 2.40. The molecule has 0 bridgehead atoms. The first kappa shape index (κ1) is 17.4. The molecule has 3 rings (SSSR count). The molecule has 1 aromatic carbocycles. The van der Waals surface area contributed by atoms with Crippen LogP contribution in [0.5, 0.6) is 0 Å². The normalized spacial score (nSPS) is 20.3. The lowest BCUT2D eigenvalue weighted by atomic mass is 10.2. The Morgan fingerprint density at radius 2 is 1.57 bits per heavy atom. The van der Waals surface area contributed by atoms with Gasteiger partial charge in [-0.15, -0.1) is 0 Å². The lowest BCUT2D eigenvalue weighted by Crippen LogP contribution is -2.40. The number of hydrogen-bond acceptors (Lipinski definition) is 4. The van der Waals surface area contributed by atoms with Gasteiger partial charge in [-0.05, 0) is 59.8 Å². The van der Waals surface area contributed by atoms with Crippen LogP contribution in [0.3, 0.4) is 0 Å². The molecule has 23 heavy (non-hydrogen) atoms. The third kappa shape index (κ3) is 3.50. The Morgan fingerprint density at radius 3 is 2.09 bits per heavy atom. The molecular weight excluding hydrogens is 402 g/mol. The Balaban J connectivity index is 2.07. The Hall–Kier alpha value is -0.440. The lowest BCUT2D eigenvalue weighted by molar-refractivity contribution is 0.314. The van der Waals surface area contributed by atoms with Crippen molar-refractivity contribution in [2.24, 2.45) is 0 Å². The zero-order valence-corrected chi connectivity index (χ0v) is 16.1. The zero-order valence-electron chi connectivity index (χ0n) is 12.9. The average Bonchev–Trinajstić information content (AvgIpc) is 3.11. The summed E-state index contributed by atoms with van der Waals surface area (Å²) in [6.07, 6.45) is 6.74. The Labute approximate surface area is 146 Å². The summed E-state index contributed by atoms with van der Waals surface area (Å²) in [7, 11) is -7.17. The van der Waals surface area contributed by atoms with Gasteiger partial charge in [0, 0.05) is 22.8 Å². The van der Waals surface area contributed by atoms with Gasteiger partial charge in [-0.25, -0.2) is 16.8 Å². The fourth-order valence-corrected chi connectivity index (χ4v) is 6.81. The largest absolute Gasteiger partial charge is 0.244 e. The maximum absolute atomic E-state index is 13.2. The second-order valence-electron chi connectivity index (χ2n) is 6.37. The highest BCUT2D eigenvalue weighted by molar-refractivity contribution is 9.10. The molecule has 2 saturated carbocycles. The first-order valence-electron chi connectivity index (χ1n) is 7.74. The smallest absolute Gasteiger partial charge is 0.224 e. The van der Waals surface area contributed by atoms with Crippen LogP contribution in [-0.2, 0) is 19.9 Å². The molecule has 0 amide bonds. The van der Waals surface area contributed by atoms with E-state index in [1.165, 1.54) is 18.2 Å². The molecule has 0 aliphatic heterocycles. The van der Waals surface area contributed by atoms with Crippen LogP contribution in [0.2, 0.25) is 0 Å². The van der Waals surface area contributed by atoms with Crippen LogP contribution in [0.1, 0.15) is 38.5 Å². The SMILES string of the molecule is CS(=O)(=O)c1ccc(Br)c(S(=O)(=O)N(C2CCCC2)C2CC2)c1. The standard InChI is InChI=1S/C15H20BrNO4S2/c1-22(18,19)13-8-9-14(16)15(10-13)23(20,21)17(12-6-7-12)11-4-2-3-5-11/h8-12H,2-7H2,1H3. The minimum absolute atomic E-state index is 0.0291. The molecule has 0 unspecified atom stereocenters. The van der Waals surface area contributed by atoms with Gasteiger partial charge in [-0.1, -0.05) is 12.8 Å². The molecular formula is C15H20BrNO4S2. The summed E-state index contributed by atoms with van der Waals surface area (Å²) in [6.45, 7) is 0. The Bertz CT molecular complexity index is 810. The van der Waals surface area contributed by atoms with Crippen molar-refractivity contribution in [2.75, 3.05) is 6.26 Å². The molecule has 0 spiro atoms.